The van der Waals surface area contributed by atoms with Crippen LogP contribution < -0.4 is 0 Å². The Balaban J connectivity index is 2.61. The summed E-state index contributed by atoms with van der Waals surface area (Å²) in [5, 5.41) is 12.6. The Kier molecular flexibility index (Phi) is 5.11. The van der Waals surface area contributed by atoms with E-state index >= 15 is 0 Å². The number of rotatable bonds is 6. The number of halogens is 1. The molecule has 1 heterocycles. The summed E-state index contributed by atoms with van der Waals surface area (Å²) >= 11 is 7.05. The van der Waals surface area contributed by atoms with Gasteiger partial charge in [-0.3, -0.25) is 9.69 Å². The van der Waals surface area contributed by atoms with Gasteiger partial charge in [0.15, 0.2) is 0 Å². The maximum atomic E-state index is 10.6. The third kappa shape index (κ3) is 3.70. The molecule has 1 N–H and O–H groups in total. The fourth-order valence-corrected chi connectivity index (χ4v) is 2.06. The number of nitrogens with zero attached hydrogens (tertiary/aromatic N) is 3. The topological polar surface area (TPSA) is 66.3 Å². The first-order chi connectivity index (χ1) is 7.54. The van der Waals surface area contributed by atoms with Crippen molar-refractivity contribution in [3.63, 3.8) is 0 Å². The molecule has 0 saturated heterocycles. The van der Waals surface area contributed by atoms with Gasteiger partial charge in [0.2, 0.25) is 0 Å². The van der Waals surface area contributed by atoms with Gasteiger partial charge in [0.05, 0.1) is 6.42 Å². The van der Waals surface area contributed by atoms with Crippen molar-refractivity contribution in [2.24, 2.45) is 0 Å². The van der Waals surface area contributed by atoms with E-state index in [1.165, 1.54) is 0 Å². The standard InChI is InChI=1S/C9H14ClN3O2S/c1-3-13(6(2)4-8(14)15)5-7-9(10)16-12-11-7/h6H,3-5H2,1-2H3,(H,14,15). The number of aliphatic carboxylic acids is 1. The lowest BCUT2D eigenvalue weighted by Crippen LogP contribution is -2.34. The molecule has 1 unspecified atom stereocenters. The summed E-state index contributed by atoms with van der Waals surface area (Å²) in [6, 6.07) is -0.0414. The Morgan fingerprint density at radius 2 is 2.38 bits per heavy atom. The zero-order valence-electron chi connectivity index (χ0n) is 9.18. The highest BCUT2D eigenvalue weighted by Gasteiger charge is 2.18. The number of aromatic nitrogens is 2. The van der Waals surface area contributed by atoms with Gasteiger partial charge < -0.3 is 5.11 Å². The molecule has 0 fully saturated rings. The minimum absolute atomic E-state index is 0.0414. The zero-order valence-corrected chi connectivity index (χ0v) is 10.8. The summed E-state index contributed by atoms with van der Waals surface area (Å²) in [6.07, 6.45) is 0.114. The molecular weight excluding hydrogens is 250 g/mol. The fourth-order valence-electron chi connectivity index (χ4n) is 1.44. The highest BCUT2D eigenvalue weighted by molar-refractivity contribution is 7.10. The third-order valence-electron chi connectivity index (χ3n) is 2.36. The number of hydrogen-bond acceptors (Lipinski definition) is 5. The third-order valence-corrected chi connectivity index (χ3v) is 3.35. The highest BCUT2D eigenvalue weighted by atomic mass is 35.5. The quantitative estimate of drug-likeness (QED) is 0.849. The van der Waals surface area contributed by atoms with Gasteiger partial charge in [0.1, 0.15) is 10.0 Å². The predicted molar refractivity (Wildman–Crippen MR) is 62.7 cm³/mol. The van der Waals surface area contributed by atoms with Crippen LogP contribution in [-0.4, -0.2) is 38.1 Å². The van der Waals surface area contributed by atoms with Crippen molar-refractivity contribution < 1.29 is 9.90 Å². The van der Waals surface area contributed by atoms with E-state index in [1.54, 1.807) is 0 Å². The van der Waals surface area contributed by atoms with E-state index < -0.39 is 5.97 Å². The second-order valence-electron chi connectivity index (χ2n) is 3.50. The molecule has 7 heteroatoms. The van der Waals surface area contributed by atoms with Crippen LogP contribution in [0.5, 0.6) is 0 Å². The van der Waals surface area contributed by atoms with Crippen molar-refractivity contribution in [1.29, 1.82) is 0 Å². The molecule has 0 bridgehead atoms. The first kappa shape index (κ1) is 13.3. The minimum atomic E-state index is -0.798. The van der Waals surface area contributed by atoms with Crippen LogP contribution in [0.4, 0.5) is 0 Å². The van der Waals surface area contributed by atoms with Crippen molar-refractivity contribution in [3.05, 3.63) is 10.0 Å². The molecule has 0 aliphatic carbocycles. The van der Waals surface area contributed by atoms with Crippen molar-refractivity contribution in [3.8, 4) is 0 Å². The molecule has 1 aromatic heterocycles. The Labute approximate surface area is 103 Å². The lowest BCUT2D eigenvalue weighted by Gasteiger charge is -2.25. The largest absolute Gasteiger partial charge is 0.481 e. The smallest absolute Gasteiger partial charge is 0.304 e. The van der Waals surface area contributed by atoms with E-state index in [1.807, 2.05) is 18.7 Å². The van der Waals surface area contributed by atoms with Crippen LogP contribution in [-0.2, 0) is 11.3 Å². The summed E-state index contributed by atoms with van der Waals surface area (Å²) in [6.45, 7) is 5.15. The number of carboxylic acids is 1. The molecule has 5 nitrogen and oxygen atoms in total. The lowest BCUT2D eigenvalue weighted by molar-refractivity contribution is -0.138. The molecule has 0 aromatic carbocycles. The molecule has 0 radical (unpaired) electrons. The second kappa shape index (κ2) is 6.12. The Bertz CT molecular complexity index is 358. The number of hydrogen-bond donors (Lipinski definition) is 1. The first-order valence-electron chi connectivity index (χ1n) is 4.97. The zero-order chi connectivity index (χ0) is 12.1. The van der Waals surface area contributed by atoms with Gasteiger partial charge in [-0.25, -0.2) is 0 Å². The van der Waals surface area contributed by atoms with E-state index in [0.29, 0.717) is 16.6 Å². The molecule has 0 spiro atoms. The summed E-state index contributed by atoms with van der Waals surface area (Å²) in [5.41, 5.74) is 0.714. The molecule has 0 aliphatic heterocycles. The monoisotopic (exact) mass is 263 g/mol. The van der Waals surface area contributed by atoms with Crippen molar-refractivity contribution >= 4 is 29.1 Å². The maximum Gasteiger partial charge on any atom is 0.304 e. The van der Waals surface area contributed by atoms with Crippen LogP contribution in [0, 0.1) is 0 Å². The minimum Gasteiger partial charge on any atom is -0.481 e. The normalized spacial score (nSPS) is 13.0. The van der Waals surface area contributed by atoms with Crippen LogP contribution in [0.1, 0.15) is 26.0 Å². The second-order valence-corrected chi connectivity index (χ2v) is 4.86. The average Bonchev–Trinajstić information content (AvgIpc) is 2.59. The van der Waals surface area contributed by atoms with Crippen molar-refractivity contribution in [2.75, 3.05) is 6.54 Å². The molecule has 16 heavy (non-hydrogen) atoms. The molecule has 90 valence electrons. The molecule has 0 saturated carbocycles. The fraction of sp³-hybridized carbons (Fsp3) is 0.667. The summed E-state index contributed by atoms with van der Waals surface area (Å²) in [5.74, 6) is -0.798. The summed E-state index contributed by atoms with van der Waals surface area (Å²) in [4.78, 5) is 12.6. The maximum absolute atomic E-state index is 10.6. The van der Waals surface area contributed by atoms with Crippen LogP contribution in [0.2, 0.25) is 4.34 Å². The Morgan fingerprint density at radius 3 is 2.81 bits per heavy atom. The summed E-state index contributed by atoms with van der Waals surface area (Å²) < 4.78 is 4.32. The summed E-state index contributed by atoms with van der Waals surface area (Å²) in [7, 11) is 0. The molecule has 1 rings (SSSR count). The highest BCUT2D eigenvalue weighted by Crippen LogP contribution is 2.20. The average molecular weight is 264 g/mol. The van der Waals surface area contributed by atoms with Crippen molar-refractivity contribution in [2.45, 2.75) is 32.9 Å². The van der Waals surface area contributed by atoms with Gasteiger partial charge >= 0.3 is 5.97 Å². The van der Waals surface area contributed by atoms with Gasteiger partial charge in [-0.05, 0) is 13.5 Å². The van der Waals surface area contributed by atoms with E-state index in [2.05, 4.69) is 9.59 Å². The number of carbonyl (C=O) groups is 1. The van der Waals surface area contributed by atoms with Gasteiger partial charge in [0, 0.05) is 24.1 Å². The number of carboxylic acid groups (broad SMARTS) is 1. The molecular formula is C9H14ClN3O2S. The first-order valence-corrected chi connectivity index (χ1v) is 6.12. The Hall–Kier alpha value is -0.720. The molecule has 0 aliphatic rings. The van der Waals surface area contributed by atoms with Gasteiger partial charge in [0.25, 0.3) is 0 Å². The van der Waals surface area contributed by atoms with Crippen LogP contribution in [0.15, 0.2) is 0 Å². The van der Waals surface area contributed by atoms with Crippen LogP contribution in [0.3, 0.4) is 0 Å². The van der Waals surface area contributed by atoms with Crippen molar-refractivity contribution in [1.82, 2.24) is 14.5 Å². The van der Waals surface area contributed by atoms with Gasteiger partial charge in [-0.2, -0.15) is 0 Å². The SMILES string of the molecule is CCN(Cc1nnsc1Cl)C(C)CC(=O)O. The van der Waals surface area contributed by atoms with E-state index in [4.69, 9.17) is 16.7 Å². The van der Waals surface area contributed by atoms with Crippen LogP contribution in [0.25, 0.3) is 0 Å². The van der Waals surface area contributed by atoms with Gasteiger partial charge in [-0.1, -0.05) is 23.0 Å². The van der Waals surface area contributed by atoms with Crippen LogP contribution >= 0.6 is 23.1 Å². The molecule has 1 aromatic rings. The van der Waals surface area contributed by atoms with E-state index in [-0.39, 0.29) is 12.5 Å². The predicted octanol–water partition coefficient (Wildman–Crippen LogP) is 1.88. The van der Waals surface area contributed by atoms with E-state index in [9.17, 15) is 4.79 Å². The van der Waals surface area contributed by atoms with Gasteiger partial charge in [-0.15, -0.1) is 5.10 Å². The lowest BCUT2D eigenvalue weighted by atomic mass is 10.2. The Morgan fingerprint density at radius 1 is 1.69 bits per heavy atom. The molecule has 1 atom stereocenters. The van der Waals surface area contributed by atoms with E-state index in [0.717, 1.165) is 18.1 Å². The molecule has 0 amide bonds.